The Kier molecular flexibility index (Phi) is 3.85. The van der Waals surface area contributed by atoms with Crippen molar-refractivity contribution in [1.29, 1.82) is 0 Å². The molecule has 0 unspecified atom stereocenters. The summed E-state index contributed by atoms with van der Waals surface area (Å²) in [5.41, 5.74) is 2.41. The van der Waals surface area contributed by atoms with E-state index >= 15 is 0 Å². The molecular weight excluding hydrogens is 269 g/mol. The van der Waals surface area contributed by atoms with Gasteiger partial charge in [0.2, 0.25) is 0 Å². The minimum Gasteiger partial charge on any atom is -0.494 e. The van der Waals surface area contributed by atoms with Gasteiger partial charge in [0.15, 0.2) is 22.5 Å². The van der Waals surface area contributed by atoms with Crippen molar-refractivity contribution in [1.82, 2.24) is 10.2 Å². The Bertz CT molecular complexity index is 619. The van der Waals surface area contributed by atoms with Gasteiger partial charge in [0.25, 0.3) is 0 Å². The van der Waals surface area contributed by atoms with E-state index in [9.17, 15) is 4.39 Å². The van der Waals surface area contributed by atoms with E-state index in [4.69, 9.17) is 16.3 Å². The van der Waals surface area contributed by atoms with Gasteiger partial charge in [0.05, 0.1) is 7.11 Å². The molecule has 1 aromatic carbocycles. The summed E-state index contributed by atoms with van der Waals surface area (Å²) in [6.07, 6.45) is 0. The number of hydrogen-bond donors (Lipinski definition) is 1. The molecule has 0 saturated heterocycles. The number of rotatable bonds is 3. The van der Waals surface area contributed by atoms with E-state index in [0.29, 0.717) is 16.7 Å². The van der Waals surface area contributed by atoms with Crippen LogP contribution in [0.1, 0.15) is 11.1 Å². The van der Waals surface area contributed by atoms with Gasteiger partial charge in [-0.1, -0.05) is 11.6 Å². The number of anilines is 2. The van der Waals surface area contributed by atoms with Crippen LogP contribution in [0.3, 0.4) is 0 Å². The number of nitrogens with one attached hydrogen (secondary N) is 1. The van der Waals surface area contributed by atoms with Gasteiger partial charge < -0.3 is 10.1 Å². The standard InChI is InChI=1S/C13H13ClFN3O/c1-7-8(2)13(18-17-12(7)14)16-9-4-5-10(15)11(6-9)19-3/h4-6H,1-3H3,(H,16,18). The molecule has 0 aliphatic heterocycles. The summed E-state index contributed by atoms with van der Waals surface area (Å²) in [6.45, 7) is 3.75. The Morgan fingerprint density at radius 3 is 2.63 bits per heavy atom. The normalized spacial score (nSPS) is 10.4. The van der Waals surface area contributed by atoms with E-state index in [0.717, 1.165) is 11.1 Å². The van der Waals surface area contributed by atoms with Crippen LogP contribution >= 0.6 is 11.6 Å². The van der Waals surface area contributed by atoms with Crippen LogP contribution < -0.4 is 10.1 Å². The lowest BCUT2D eigenvalue weighted by Gasteiger charge is -2.11. The Balaban J connectivity index is 2.34. The minimum absolute atomic E-state index is 0.168. The molecule has 0 bridgehead atoms. The number of ether oxygens (including phenoxy) is 1. The van der Waals surface area contributed by atoms with Gasteiger partial charge in [-0.3, -0.25) is 0 Å². The van der Waals surface area contributed by atoms with Gasteiger partial charge in [-0.2, -0.15) is 0 Å². The highest BCUT2D eigenvalue weighted by Crippen LogP contribution is 2.26. The first kappa shape index (κ1) is 13.5. The highest BCUT2D eigenvalue weighted by molar-refractivity contribution is 6.30. The van der Waals surface area contributed by atoms with Gasteiger partial charge >= 0.3 is 0 Å². The molecule has 2 aromatic rings. The van der Waals surface area contributed by atoms with E-state index in [1.807, 2.05) is 13.8 Å². The molecule has 0 fully saturated rings. The van der Waals surface area contributed by atoms with Crippen molar-refractivity contribution in [3.8, 4) is 5.75 Å². The molecule has 19 heavy (non-hydrogen) atoms. The van der Waals surface area contributed by atoms with E-state index in [1.54, 1.807) is 12.1 Å². The van der Waals surface area contributed by atoms with Crippen molar-refractivity contribution in [2.75, 3.05) is 12.4 Å². The van der Waals surface area contributed by atoms with Crippen molar-refractivity contribution in [2.24, 2.45) is 0 Å². The van der Waals surface area contributed by atoms with Crippen molar-refractivity contribution in [2.45, 2.75) is 13.8 Å². The highest BCUT2D eigenvalue weighted by Gasteiger charge is 2.09. The second kappa shape index (κ2) is 5.40. The predicted octanol–water partition coefficient (Wildman–Crippen LogP) is 3.64. The third kappa shape index (κ3) is 2.76. The second-order valence-corrected chi connectivity index (χ2v) is 4.42. The maximum Gasteiger partial charge on any atom is 0.165 e. The Labute approximate surface area is 115 Å². The fourth-order valence-corrected chi connectivity index (χ4v) is 1.75. The minimum atomic E-state index is -0.414. The van der Waals surface area contributed by atoms with Crippen LogP contribution in [0.15, 0.2) is 18.2 Å². The Hall–Kier alpha value is -1.88. The molecule has 6 heteroatoms. The maximum atomic E-state index is 13.3. The summed E-state index contributed by atoms with van der Waals surface area (Å²) in [5.74, 6) is 0.333. The van der Waals surface area contributed by atoms with Crippen LogP contribution in [0, 0.1) is 19.7 Å². The molecule has 0 aliphatic rings. The maximum absolute atomic E-state index is 13.3. The zero-order valence-electron chi connectivity index (χ0n) is 10.8. The van der Waals surface area contributed by atoms with Crippen LogP contribution in [0.2, 0.25) is 5.15 Å². The fraction of sp³-hybridized carbons (Fsp3) is 0.231. The predicted molar refractivity (Wildman–Crippen MR) is 72.8 cm³/mol. The van der Waals surface area contributed by atoms with Crippen molar-refractivity contribution in [3.05, 3.63) is 40.3 Å². The molecule has 0 saturated carbocycles. The van der Waals surface area contributed by atoms with Gasteiger partial charge in [-0.25, -0.2) is 4.39 Å². The molecule has 4 nitrogen and oxygen atoms in total. The third-order valence-electron chi connectivity index (χ3n) is 2.88. The van der Waals surface area contributed by atoms with Crippen molar-refractivity contribution < 1.29 is 9.13 Å². The van der Waals surface area contributed by atoms with E-state index in [1.165, 1.54) is 13.2 Å². The third-order valence-corrected chi connectivity index (χ3v) is 3.24. The molecule has 0 aliphatic carbocycles. The SMILES string of the molecule is COc1cc(Nc2nnc(Cl)c(C)c2C)ccc1F. The van der Waals surface area contributed by atoms with Crippen LogP contribution in [0.5, 0.6) is 5.75 Å². The first-order valence-electron chi connectivity index (χ1n) is 5.63. The highest BCUT2D eigenvalue weighted by atomic mass is 35.5. The molecule has 1 heterocycles. The Morgan fingerprint density at radius 1 is 1.21 bits per heavy atom. The average molecular weight is 282 g/mol. The first-order chi connectivity index (χ1) is 9.02. The van der Waals surface area contributed by atoms with E-state index < -0.39 is 5.82 Å². The molecule has 100 valence electrons. The van der Waals surface area contributed by atoms with Crippen LogP contribution in [-0.2, 0) is 0 Å². The van der Waals surface area contributed by atoms with Gasteiger partial charge in [0.1, 0.15) is 0 Å². The quantitative estimate of drug-likeness (QED) is 0.933. The number of aromatic nitrogens is 2. The van der Waals surface area contributed by atoms with E-state index in [2.05, 4.69) is 15.5 Å². The number of hydrogen-bond acceptors (Lipinski definition) is 4. The molecule has 0 spiro atoms. The molecule has 0 radical (unpaired) electrons. The monoisotopic (exact) mass is 281 g/mol. The van der Waals surface area contributed by atoms with Crippen LogP contribution in [0.4, 0.5) is 15.9 Å². The smallest absolute Gasteiger partial charge is 0.165 e. The van der Waals surface area contributed by atoms with Gasteiger partial charge in [-0.15, -0.1) is 10.2 Å². The largest absolute Gasteiger partial charge is 0.494 e. The molecule has 0 atom stereocenters. The fourth-order valence-electron chi connectivity index (χ4n) is 1.57. The molecular formula is C13H13ClFN3O. The lowest BCUT2D eigenvalue weighted by Crippen LogP contribution is -2.01. The summed E-state index contributed by atoms with van der Waals surface area (Å²) >= 11 is 5.89. The molecule has 1 N–H and O–H groups in total. The summed E-state index contributed by atoms with van der Waals surface area (Å²) in [5, 5.41) is 11.3. The number of methoxy groups -OCH3 is 1. The van der Waals surface area contributed by atoms with Crippen molar-refractivity contribution in [3.63, 3.8) is 0 Å². The van der Waals surface area contributed by atoms with Gasteiger partial charge in [0, 0.05) is 11.8 Å². The summed E-state index contributed by atoms with van der Waals surface area (Å²) < 4.78 is 18.2. The molecule has 0 amide bonds. The molecule has 1 aromatic heterocycles. The lowest BCUT2D eigenvalue weighted by atomic mass is 10.2. The topological polar surface area (TPSA) is 47.0 Å². The second-order valence-electron chi connectivity index (χ2n) is 4.06. The summed E-state index contributed by atoms with van der Waals surface area (Å²) in [6, 6.07) is 4.48. The number of benzene rings is 1. The van der Waals surface area contributed by atoms with E-state index in [-0.39, 0.29) is 5.75 Å². The van der Waals surface area contributed by atoms with Crippen LogP contribution in [-0.4, -0.2) is 17.3 Å². The van der Waals surface area contributed by atoms with Crippen LogP contribution in [0.25, 0.3) is 0 Å². The average Bonchev–Trinajstić information content (AvgIpc) is 2.41. The zero-order valence-corrected chi connectivity index (χ0v) is 11.5. The van der Waals surface area contributed by atoms with Crippen molar-refractivity contribution >= 4 is 23.1 Å². The molecule has 2 rings (SSSR count). The summed E-state index contributed by atoms with van der Waals surface area (Å²) in [7, 11) is 1.42. The first-order valence-corrected chi connectivity index (χ1v) is 6.00. The Morgan fingerprint density at radius 2 is 1.95 bits per heavy atom. The number of halogens is 2. The number of nitrogens with zero attached hydrogens (tertiary/aromatic N) is 2. The summed E-state index contributed by atoms with van der Waals surface area (Å²) in [4.78, 5) is 0. The zero-order chi connectivity index (χ0) is 14.0. The van der Waals surface area contributed by atoms with Gasteiger partial charge in [-0.05, 0) is 37.1 Å². The lowest BCUT2D eigenvalue weighted by molar-refractivity contribution is 0.387.